The average Bonchev–Trinajstić information content (AvgIpc) is 2.59. The number of carboxylic acid groups (broad SMARTS) is 1. The lowest BCUT2D eigenvalue weighted by molar-refractivity contribution is -0.125. The van der Waals surface area contributed by atoms with E-state index in [4.69, 9.17) is 0 Å². The summed E-state index contributed by atoms with van der Waals surface area (Å²) >= 11 is 0. The molecule has 0 aliphatic carbocycles. The molecule has 2 N–H and O–H groups in total. The van der Waals surface area contributed by atoms with Crippen LogP contribution in [0, 0.1) is 12.3 Å². The predicted molar refractivity (Wildman–Crippen MR) is 101 cm³/mol. The van der Waals surface area contributed by atoms with Gasteiger partial charge in [0.25, 0.3) is 0 Å². The third-order valence-corrected chi connectivity index (χ3v) is 4.66. The highest BCUT2D eigenvalue weighted by molar-refractivity contribution is 5.92. The summed E-state index contributed by atoms with van der Waals surface area (Å²) in [6, 6.07) is 13.0. The standard InChI is InChI=1S/C21H25NO3/c1-5-21(3,4)19(23)13-22-18-11-16(10-17(12-18)20(24)25)15-8-6-14(2)7-9-15/h6-12,22H,5,13H2,1-4H3,(H,24,25). The monoisotopic (exact) mass is 339 g/mol. The molecule has 0 heterocycles. The van der Waals surface area contributed by atoms with Crippen molar-refractivity contribution in [1.29, 1.82) is 0 Å². The molecular formula is C21H25NO3. The van der Waals surface area contributed by atoms with Crippen LogP contribution in [0.3, 0.4) is 0 Å². The largest absolute Gasteiger partial charge is 0.478 e. The molecule has 0 spiro atoms. The van der Waals surface area contributed by atoms with E-state index in [1.165, 1.54) is 0 Å². The summed E-state index contributed by atoms with van der Waals surface area (Å²) in [5, 5.41) is 12.5. The summed E-state index contributed by atoms with van der Waals surface area (Å²) in [6.45, 7) is 8.01. The molecule has 4 heteroatoms. The van der Waals surface area contributed by atoms with Crippen LogP contribution in [0.15, 0.2) is 42.5 Å². The number of benzene rings is 2. The number of rotatable bonds is 7. The summed E-state index contributed by atoms with van der Waals surface area (Å²) < 4.78 is 0. The van der Waals surface area contributed by atoms with Crippen LogP contribution in [0.4, 0.5) is 5.69 Å². The Hall–Kier alpha value is -2.62. The summed E-state index contributed by atoms with van der Waals surface area (Å²) in [6.07, 6.45) is 0.761. The first-order chi connectivity index (χ1) is 11.7. The van der Waals surface area contributed by atoms with Gasteiger partial charge in [-0.3, -0.25) is 4.79 Å². The number of carbonyl (C=O) groups is 2. The average molecular weight is 339 g/mol. The molecule has 2 rings (SSSR count). The van der Waals surface area contributed by atoms with Gasteiger partial charge in [0.15, 0.2) is 5.78 Å². The van der Waals surface area contributed by atoms with E-state index in [0.717, 1.165) is 23.1 Å². The van der Waals surface area contributed by atoms with Crippen molar-refractivity contribution in [1.82, 2.24) is 0 Å². The molecule has 132 valence electrons. The number of carbonyl (C=O) groups excluding carboxylic acids is 1. The lowest BCUT2D eigenvalue weighted by Crippen LogP contribution is -2.29. The van der Waals surface area contributed by atoms with Crippen molar-refractivity contribution >= 4 is 17.4 Å². The minimum atomic E-state index is -0.989. The van der Waals surface area contributed by atoms with E-state index in [2.05, 4.69) is 5.32 Å². The van der Waals surface area contributed by atoms with Gasteiger partial charge in [0.1, 0.15) is 0 Å². The van der Waals surface area contributed by atoms with Crippen LogP contribution in [0.5, 0.6) is 0 Å². The van der Waals surface area contributed by atoms with E-state index in [1.54, 1.807) is 12.1 Å². The number of nitrogens with one attached hydrogen (secondary N) is 1. The minimum Gasteiger partial charge on any atom is -0.478 e. The molecule has 0 fully saturated rings. The van der Waals surface area contributed by atoms with Gasteiger partial charge in [-0.05, 0) is 42.7 Å². The van der Waals surface area contributed by atoms with Gasteiger partial charge in [-0.15, -0.1) is 0 Å². The molecule has 0 bridgehead atoms. The third kappa shape index (κ3) is 4.69. The second kappa shape index (κ2) is 7.51. The van der Waals surface area contributed by atoms with Crippen LogP contribution in [-0.2, 0) is 4.79 Å². The number of hydrogen-bond donors (Lipinski definition) is 2. The van der Waals surface area contributed by atoms with Crippen molar-refractivity contribution < 1.29 is 14.7 Å². The second-order valence-electron chi connectivity index (χ2n) is 6.98. The van der Waals surface area contributed by atoms with Gasteiger partial charge in [-0.1, -0.05) is 50.6 Å². The van der Waals surface area contributed by atoms with Crippen LogP contribution in [0.2, 0.25) is 0 Å². The van der Waals surface area contributed by atoms with Crippen molar-refractivity contribution in [3.05, 3.63) is 53.6 Å². The molecule has 2 aromatic carbocycles. The highest BCUT2D eigenvalue weighted by Gasteiger charge is 2.24. The SMILES string of the molecule is CCC(C)(C)C(=O)CNc1cc(C(=O)O)cc(-c2ccc(C)cc2)c1. The summed E-state index contributed by atoms with van der Waals surface area (Å²) in [5.74, 6) is -0.884. The Kier molecular flexibility index (Phi) is 5.62. The summed E-state index contributed by atoms with van der Waals surface area (Å²) in [4.78, 5) is 23.7. The molecule has 4 nitrogen and oxygen atoms in total. The van der Waals surface area contributed by atoms with Gasteiger partial charge >= 0.3 is 5.97 Å². The van der Waals surface area contributed by atoms with Crippen LogP contribution in [-0.4, -0.2) is 23.4 Å². The van der Waals surface area contributed by atoms with Gasteiger partial charge < -0.3 is 10.4 Å². The molecule has 0 atom stereocenters. The van der Waals surface area contributed by atoms with Gasteiger partial charge in [0.2, 0.25) is 0 Å². The molecule has 0 saturated heterocycles. The lowest BCUT2D eigenvalue weighted by atomic mass is 9.85. The van der Waals surface area contributed by atoms with Gasteiger partial charge in [0.05, 0.1) is 12.1 Å². The fraction of sp³-hybridized carbons (Fsp3) is 0.333. The third-order valence-electron chi connectivity index (χ3n) is 4.66. The predicted octanol–water partition coefficient (Wildman–Crippen LogP) is 4.78. The van der Waals surface area contributed by atoms with Crippen molar-refractivity contribution in [2.24, 2.45) is 5.41 Å². The van der Waals surface area contributed by atoms with Gasteiger partial charge in [-0.25, -0.2) is 4.79 Å². The number of aryl methyl sites for hydroxylation is 1. The molecule has 0 aromatic heterocycles. The van der Waals surface area contributed by atoms with Crippen LogP contribution >= 0.6 is 0 Å². The number of aromatic carboxylic acids is 1. The molecule has 0 radical (unpaired) electrons. The first-order valence-electron chi connectivity index (χ1n) is 8.45. The highest BCUT2D eigenvalue weighted by Crippen LogP contribution is 2.26. The molecule has 2 aromatic rings. The van der Waals surface area contributed by atoms with Crippen molar-refractivity contribution in [2.75, 3.05) is 11.9 Å². The molecule has 0 aliphatic heterocycles. The van der Waals surface area contributed by atoms with Crippen LogP contribution in [0.1, 0.15) is 43.1 Å². The van der Waals surface area contributed by atoms with Crippen molar-refractivity contribution in [3.8, 4) is 11.1 Å². The normalized spacial score (nSPS) is 11.2. The Morgan fingerprint density at radius 2 is 1.68 bits per heavy atom. The number of hydrogen-bond acceptors (Lipinski definition) is 3. The maximum absolute atomic E-state index is 12.3. The van der Waals surface area contributed by atoms with Crippen LogP contribution in [0.25, 0.3) is 11.1 Å². The zero-order chi connectivity index (χ0) is 18.6. The molecule has 0 amide bonds. The zero-order valence-corrected chi connectivity index (χ0v) is 15.2. The summed E-state index contributed by atoms with van der Waals surface area (Å²) in [5.41, 5.74) is 3.33. The topological polar surface area (TPSA) is 66.4 Å². The van der Waals surface area contributed by atoms with Gasteiger partial charge in [-0.2, -0.15) is 0 Å². The highest BCUT2D eigenvalue weighted by atomic mass is 16.4. The lowest BCUT2D eigenvalue weighted by Gasteiger charge is -2.21. The first kappa shape index (κ1) is 18.7. The van der Waals surface area contributed by atoms with E-state index in [0.29, 0.717) is 5.69 Å². The Balaban J connectivity index is 2.30. The number of Topliss-reactive ketones (excluding diaryl/α,β-unsaturated/α-hetero) is 1. The Labute approximate surface area is 148 Å². The van der Waals surface area contributed by atoms with Crippen molar-refractivity contribution in [3.63, 3.8) is 0 Å². The van der Waals surface area contributed by atoms with E-state index < -0.39 is 11.4 Å². The second-order valence-corrected chi connectivity index (χ2v) is 6.98. The molecule has 0 aliphatic rings. The van der Waals surface area contributed by atoms with E-state index in [1.807, 2.05) is 58.0 Å². The van der Waals surface area contributed by atoms with E-state index in [-0.39, 0.29) is 17.9 Å². The first-order valence-corrected chi connectivity index (χ1v) is 8.45. The van der Waals surface area contributed by atoms with E-state index >= 15 is 0 Å². The maximum Gasteiger partial charge on any atom is 0.335 e. The number of ketones is 1. The molecule has 25 heavy (non-hydrogen) atoms. The maximum atomic E-state index is 12.3. The Bertz CT molecular complexity index is 776. The number of anilines is 1. The smallest absolute Gasteiger partial charge is 0.335 e. The van der Waals surface area contributed by atoms with E-state index in [9.17, 15) is 14.7 Å². The Morgan fingerprint density at radius 1 is 1.04 bits per heavy atom. The number of carboxylic acids is 1. The molecule has 0 saturated carbocycles. The summed E-state index contributed by atoms with van der Waals surface area (Å²) in [7, 11) is 0. The zero-order valence-electron chi connectivity index (χ0n) is 15.2. The van der Waals surface area contributed by atoms with Gasteiger partial charge in [0, 0.05) is 11.1 Å². The van der Waals surface area contributed by atoms with Crippen molar-refractivity contribution in [2.45, 2.75) is 34.1 Å². The fourth-order valence-corrected chi connectivity index (χ4v) is 2.38. The molecule has 0 unspecified atom stereocenters. The quantitative estimate of drug-likeness (QED) is 0.762. The van der Waals surface area contributed by atoms with Crippen LogP contribution < -0.4 is 5.32 Å². The minimum absolute atomic E-state index is 0.104. The Morgan fingerprint density at radius 3 is 2.24 bits per heavy atom. The molecular weight excluding hydrogens is 314 g/mol. The fourth-order valence-electron chi connectivity index (χ4n) is 2.38.